The minimum absolute atomic E-state index is 0.271. The number of unbranched alkanes of at least 4 members (excludes halogenated alkanes) is 1. The van der Waals surface area contributed by atoms with E-state index in [1.165, 1.54) is 38.6 Å². The Labute approximate surface area is 102 Å². The molecule has 0 bridgehead atoms. The average Bonchev–Trinajstić information content (AvgIpc) is 2.29. The van der Waals surface area contributed by atoms with Gasteiger partial charge in [-0.05, 0) is 44.7 Å². The van der Waals surface area contributed by atoms with Crippen molar-refractivity contribution in [3.63, 3.8) is 0 Å². The molecule has 0 aromatic rings. The first kappa shape index (κ1) is 14.0. The average molecular weight is 226 g/mol. The first-order valence-corrected chi connectivity index (χ1v) is 6.98. The van der Waals surface area contributed by atoms with E-state index in [2.05, 4.69) is 32.7 Å². The molecule has 0 amide bonds. The van der Waals surface area contributed by atoms with E-state index in [4.69, 9.17) is 5.73 Å². The second kappa shape index (κ2) is 6.02. The van der Waals surface area contributed by atoms with Crippen molar-refractivity contribution in [2.45, 2.75) is 58.4 Å². The van der Waals surface area contributed by atoms with Crippen molar-refractivity contribution < 1.29 is 0 Å². The second-order valence-corrected chi connectivity index (χ2v) is 5.87. The minimum atomic E-state index is 0.271. The van der Waals surface area contributed by atoms with Gasteiger partial charge in [-0.3, -0.25) is 4.90 Å². The van der Waals surface area contributed by atoms with Crippen LogP contribution in [0.2, 0.25) is 0 Å². The largest absolute Gasteiger partial charge is 0.329 e. The standard InChI is InChI=1S/C14H30N2/c1-5-6-9-16(4)14(11-15)10-12(2)7-8-13(14)3/h12-13H,5-11,15H2,1-4H3. The van der Waals surface area contributed by atoms with E-state index in [0.717, 1.165) is 18.4 Å². The van der Waals surface area contributed by atoms with Crippen molar-refractivity contribution in [2.75, 3.05) is 20.1 Å². The van der Waals surface area contributed by atoms with Crippen molar-refractivity contribution in [1.29, 1.82) is 0 Å². The summed E-state index contributed by atoms with van der Waals surface area (Å²) >= 11 is 0. The lowest BCUT2D eigenvalue weighted by molar-refractivity contribution is 0.0138. The third kappa shape index (κ3) is 2.78. The zero-order valence-corrected chi connectivity index (χ0v) is 11.6. The molecule has 1 rings (SSSR count). The summed E-state index contributed by atoms with van der Waals surface area (Å²) < 4.78 is 0. The van der Waals surface area contributed by atoms with Crippen molar-refractivity contribution in [3.05, 3.63) is 0 Å². The molecule has 1 saturated carbocycles. The second-order valence-electron chi connectivity index (χ2n) is 5.87. The molecule has 3 unspecified atom stereocenters. The highest BCUT2D eigenvalue weighted by atomic mass is 15.2. The lowest BCUT2D eigenvalue weighted by atomic mass is 9.68. The lowest BCUT2D eigenvalue weighted by Gasteiger charge is -2.50. The van der Waals surface area contributed by atoms with Gasteiger partial charge in [0.1, 0.15) is 0 Å². The Balaban J connectivity index is 2.72. The van der Waals surface area contributed by atoms with Gasteiger partial charge in [0, 0.05) is 12.1 Å². The Morgan fingerprint density at radius 3 is 2.56 bits per heavy atom. The SMILES string of the molecule is CCCCN(C)C1(CN)CC(C)CCC1C. The fraction of sp³-hybridized carbons (Fsp3) is 1.00. The van der Waals surface area contributed by atoms with Crippen LogP contribution in [-0.2, 0) is 0 Å². The molecule has 1 fully saturated rings. The quantitative estimate of drug-likeness (QED) is 0.781. The van der Waals surface area contributed by atoms with Gasteiger partial charge in [0.25, 0.3) is 0 Å². The molecule has 0 aliphatic heterocycles. The smallest absolute Gasteiger partial charge is 0.0356 e. The zero-order chi connectivity index (χ0) is 12.2. The highest BCUT2D eigenvalue weighted by molar-refractivity contribution is 4.98. The first-order chi connectivity index (χ1) is 7.56. The van der Waals surface area contributed by atoms with Gasteiger partial charge in [-0.25, -0.2) is 0 Å². The predicted molar refractivity (Wildman–Crippen MR) is 71.5 cm³/mol. The fourth-order valence-electron chi connectivity index (χ4n) is 3.30. The molecular weight excluding hydrogens is 196 g/mol. The van der Waals surface area contributed by atoms with Gasteiger partial charge in [0.15, 0.2) is 0 Å². The van der Waals surface area contributed by atoms with Gasteiger partial charge < -0.3 is 5.73 Å². The maximum atomic E-state index is 6.12. The van der Waals surface area contributed by atoms with Gasteiger partial charge in [0.05, 0.1) is 0 Å². The maximum Gasteiger partial charge on any atom is 0.0356 e. The summed E-state index contributed by atoms with van der Waals surface area (Å²) in [6, 6.07) is 0. The molecule has 0 radical (unpaired) electrons. The molecule has 96 valence electrons. The van der Waals surface area contributed by atoms with E-state index in [1.807, 2.05) is 0 Å². The van der Waals surface area contributed by atoms with E-state index >= 15 is 0 Å². The van der Waals surface area contributed by atoms with Crippen LogP contribution >= 0.6 is 0 Å². The van der Waals surface area contributed by atoms with E-state index in [-0.39, 0.29) is 5.54 Å². The number of rotatable bonds is 5. The molecule has 2 N–H and O–H groups in total. The molecular formula is C14H30N2. The molecule has 0 spiro atoms. The number of likely N-dealkylation sites (N-methyl/N-ethyl adjacent to an activating group) is 1. The number of nitrogens with two attached hydrogens (primary N) is 1. The molecule has 1 aliphatic rings. The van der Waals surface area contributed by atoms with Gasteiger partial charge in [-0.2, -0.15) is 0 Å². The highest BCUT2D eigenvalue weighted by Gasteiger charge is 2.42. The summed E-state index contributed by atoms with van der Waals surface area (Å²) in [5.74, 6) is 1.58. The van der Waals surface area contributed by atoms with Crippen LogP contribution in [0, 0.1) is 11.8 Å². The highest BCUT2D eigenvalue weighted by Crippen LogP contribution is 2.39. The molecule has 16 heavy (non-hydrogen) atoms. The van der Waals surface area contributed by atoms with Crippen molar-refractivity contribution in [1.82, 2.24) is 4.90 Å². The number of hydrogen-bond donors (Lipinski definition) is 1. The minimum Gasteiger partial charge on any atom is -0.329 e. The van der Waals surface area contributed by atoms with Crippen LogP contribution < -0.4 is 5.73 Å². The summed E-state index contributed by atoms with van der Waals surface area (Å²) in [6.45, 7) is 9.05. The van der Waals surface area contributed by atoms with Gasteiger partial charge in [-0.15, -0.1) is 0 Å². The van der Waals surface area contributed by atoms with Crippen LogP contribution in [0.25, 0.3) is 0 Å². The molecule has 3 atom stereocenters. The van der Waals surface area contributed by atoms with Crippen LogP contribution in [0.5, 0.6) is 0 Å². The van der Waals surface area contributed by atoms with Gasteiger partial charge in [0.2, 0.25) is 0 Å². The topological polar surface area (TPSA) is 29.3 Å². The first-order valence-electron chi connectivity index (χ1n) is 6.98. The summed E-state index contributed by atoms with van der Waals surface area (Å²) in [5.41, 5.74) is 6.39. The Morgan fingerprint density at radius 1 is 1.31 bits per heavy atom. The zero-order valence-electron chi connectivity index (χ0n) is 11.6. The molecule has 0 aromatic carbocycles. The third-order valence-corrected chi connectivity index (χ3v) is 4.67. The van der Waals surface area contributed by atoms with E-state index < -0.39 is 0 Å². The van der Waals surface area contributed by atoms with Crippen LogP contribution in [-0.4, -0.2) is 30.6 Å². The summed E-state index contributed by atoms with van der Waals surface area (Å²) in [5, 5.41) is 0. The lowest BCUT2D eigenvalue weighted by Crippen LogP contribution is -2.59. The summed E-state index contributed by atoms with van der Waals surface area (Å²) in [4.78, 5) is 2.55. The Bertz CT molecular complexity index is 205. The maximum absolute atomic E-state index is 6.12. The van der Waals surface area contributed by atoms with Gasteiger partial charge >= 0.3 is 0 Å². The monoisotopic (exact) mass is 226 g/mol. The Kier molecular flexibility index (Phi) is 5.26. The Morgan fingerprint density at radius 2 is 2.00 bits per heavy atom. The van der Waals surface area contributed by atoms with Crippen LogP contribution in [0.3, 0.4) is 0 Å². The molecule has 0 heterocycles. The van der Waals surface area contributed by atoms with E-state index in [1.54, 1.807) is 0 Å². The third-order valence-electron chi connectivity index (χ3n) is 4.67. The summed E-state index contributed by atoms with van der Waals surface area (Å²) in [6.07, 6.45) is 6.57. The van der Waals surface area contributed by atoms with Gasteiger partial charge in [-0.1, -0.05) is 33.6 Å². The van der Waals surface area contributed by atoms with Crippen molar-refractivity contribution in [2.24, 2.45) is 17.6 Å². The molecule has 1 aliphatic carbocycles. The van der Waals surface area contributed by atoms with E-state index in [9.17, 15) is 0 Å². The van der Waals surface area contributed by atoms with Crippen molar-refractivity contribution in [3.8, 4) is 0 Å². The fourth-order valence-corrected chi connectivity index (χ4v) is 3.30. The molecule has 2 heteroatoms. The molecule has 2 nitrogen and oxygen atoms in total. The number of hydrogen-bond acceptors (Lipinski definition) is 2. The predicted octanol–water partition coefficient (Wildman–Crippen LogP) is 2.87. The Hall–Kier alpha value is -0.0800. The normalized spacial score (nSPS) is 35.6. The summed E-state index contributed by atoms with van der Waals surface area (Å²) in [7, 11) is 2.27. The molecule has 0 saturated heterocycles. The van der Waals surface area contributed by atoms with E-state index in [0.29, 0.717) is 0 Å². The van der Waals surface area contributed by atoms with Crippen LogP contribution in [0.1, 0.15) is 52.9 Å². The van der Waals surface area contributed by atoms with Crippen molar-refractivity contribution >= 4 is 0 Å². The molecule has 0 aromatic heterocycles. The van der Waals surface area contributed by atoms with Crippen LogP contribution in [0.4, 0.5) is 0 Å². The number of nitrogens with zero attached hydrogens (tertiary/aromatic N) is 1. The van der Waals surface area contributed by atoms with Crippen LogP contribution in [0.15, 0.2) is 0 Å².